The number of benzene rings is 3. The summed E-state index contributed by atoms with van der Waals surface area (Å²) in [7, 11) is -4.07. The summed E-state index contributed by atoms with van der Waals surface area (Å²) < 4.78 is 34.1. The lowest BCUT2D eigenvalue weighted by molar-refractivity contribution is -0.114. The maximum absolute atomic E-state index is 13.7. The molecule has 0 aliphatic heterocycles. The maximum atomic E-state index is 13.7. The van der Waals surface area contributed by atoms with Crippen LogP contribution in [0, 0.1) is 6.92 Å². The van der Waals surface area contributed by atoms with Gasteiger partial charge in [0.15, 0.2) is 0 Å². The van der Waals surface area contributed by atoms with Gasteiger partial charge in [0.2, 0.25) is 5.91 Å². The van der Waals surface area contributed by atoms with Crippen LogP contribution in [0.2, 0.25) is 5.02 Å². The first-order valence-corrected chi connectivity index (χ1v) is 13.2. The number of amides is 1. The fourth-order valence-corrected chi connectivity index (χ4v) is 5.18. The lowest BCUT2D eigenvalue weighted by Crippen LogP contribution is -2.38. The van der Waals surface area contributed by atoms with E-state index in [2.05, 4.69) is 5.32 Å². The molecular formula is C24H25ClN2O4S2. The highest BCUT2D eigenvalue weighted by molar-refractivity contribution is 7.98. The van der Waals surface area contributed by atoms with Crippen molar-refractivity contribution in [2.24, 2.45) is 0 Å². The van der Waals surface area contributed by atoms with Gasteiger partial charge in [0, 0.05) is 15.6 Å². The zero-order valence-electron chi connectivity index (χ0n) is 18.5. The first-order chi connectivity index (χ1) is 15.8. The highest BCUT2D eigenvalue weighted by Gasteiger charge is 2.29. The Morgan fingerprint density at radius 1 is 1.09 bits per heavy atom. The Morgan fingerprint density at radius 3 is 2.45 bits per heavy atom. The minimum Gasteiger partial charge on any atom is -0.492 e. The van der Waals surface area contributed by atoms with Crippen LogP contribution in [-0.2, 0) is 14.8 Å². The quantitative estimate of drug-likeness (QED) is 0.384. The third-order valence-corrected chi connectivity index (χ3v) is 7.59. The molecule has 3 rings (SSSR count). The first-order valence-electron chi connectivity index (χ1n) is 10.2. The highest BCUT2D eigenvalue weighted by Crippen LogP contribution is 2.33. The molecule has 0 aliphatic rings. The van der Waals surface area contributed by atoms with Gasteiger partial charge in [-0.3, -0.25) is 9.10 Å². The second kappa shape index (κ2) is 11.0. The van der Waals surface area contributed by atoms with Gasteiger partial charge in [0.25, 0.3) is 10.0 Å². The molecule has 3 aromatic rings. The normalized spacial score (nSPS) is 11.2. The molecule has 0 aliphatic carbocycles. The van der Waals surface area contributed by atoms with E-state index in [-0.39, 0.29) is 10.6 Å². The van der Waals surface area contributed by atoms with E-state index in [1.165, 1.54) is 23.9 Å². The van der Waals surface area contributed by atoms with Crippen LogP contribution in [-0.4, -0.2) is 33.7 Å². The Labute approximate surface area is 204 Å². The minimum absolute atomic E-state index is 0.0818. The molecule has 1 amide bonds. The summed E-state index contributed by atoms with van der Waals surface area (Å²) in [6, 6.07) is 18.4. The molecule has 33 heavy (non-hydrogen) atoms. The predicted molar refractivity (Wildman–Crippen MR) is 135 cm³/mol. The van der Waals surface area contributed by atoms with Crippen LogP contribution in [0.1, 0.15) is 12.5 Å². The van der Waals surface area contributed by atoms with Gasteiger partial charge in [0.1, 0.15) is 12.3 Å². The van der Waals surface area contributed by atoms with Crippen molar-refractivity contribution in [1.82, 2.24) is 0 Å². The number of rotatable bonds is 9. The summed E-state index contributed by atoms with van der Waals surface area (Å²) in [6.45, 7) is 3.55. The number of halogens is 1. The van der Waals surface area contributed by atoms with E-state index in [0.717, 1.165) is 14.8 Å². The Morgan fingerprint density at radius 2 is 1.79 bits per heavy atom. The molecule has 0 radical (unpaired) electrons. The van der Waals surface area contributed by atoms with Crippen molar-refractivity contribution in [3.05, 3.63) is 77.3 Å². The predicted octanol–water partition coefficient (Wildman–Crippen LogP) is 5.60. The van der Waals surface area contributed by atoms with Crippen molar-refractivity contribution in [3.8, 4) is 5.75 Å². The van der Waals surface area contributed by atoms with Crippen molar-refractivity contribution >= 4 is 50.7 Å². The van der Waals surface area contributed by atoms with E-state index >= 15 is 0 Å². The Bertz CT molecular complexity index is 1230. The largest absolute Gasteiger partial charge is 0.492 e. The fourth-order valence-electron chi connectivity index (χ4n) is 3.16. The summed E-state index contributed by atoms with van der Waals surface area (Å²) in [6.07, 6.45) is 1.91. The van der Waals surface area contributed by atoms with E-state index in [1.54, 1.807) is 54.6 Å². The molecule has 0 saturated heterocycles. The van der Waals surface area contributed by atoms with Crippen molar-refractivity contribution in [2.45, 2.75) is 23.6 Å². The van der Waals surface area contributed by atoms with E-state index in [0.29, 0.717) is 23.1 Å². The summed E-state index contributed by atoms with van der Waals surface area (Å²) in [5.41, 5.74) is 1.61. The lowest BCUT2D eigenvalue weighted by atomic mass is 10.2. The summed E-state index contributed by atoms with van der Waals surface area (Å²) >= 11 is 7.57. The van der Waals surface area contributed by atoms with Crippen LogP contribution in [0.15, 0.2) is 76.5 Å². The average Bonchev–Trinajstić information content (AvgIpc) is 2.80. The smallest absolute Gasteiger partial charge is 0.264 e. The van der Waals surface area contributed by atoms with Crippen molar-refractivity contribution in [3.63, 3.8) is 0 Å². The second-order valence-corrected chi connectivity index (χ2v) is 10.3. The van der Waals surface area contributed by atoms with Crippen LogP contribution < -0.4 is 14.4 Å². The van der Waals surface area contributed by atoms with Gasteiger partial charge in [-0.05, 0) is 74.2 Å². The number of thioether (sulfide) groups is 1. The Hall–Kier alpha value is -2.68. The van der Waals surface area contributed by atoms with Crippen LogP contribution in [0.4, 0.5) is 11.4 Å². The molecule has 0 heterocycles. The number of hydrogen-bond acceptors (Lipinski definition) is 5. The number of carbonyl (C=O) groups excluding carboxylic acids is 1. The molecule has 0 bridgehead atoms. The number of nitrogens with zero attached hydrogens (tertiary/aromatic N) is 1. The number of anilines is 2. The number of aryl methyl sites for hydroxylation is 1. The van der Waals surface area contributed by atoms with Gasteiger partial charge < -0.3 is 10.1 Å². The van der Waals surface area contributed by atoms with Crippen LogP contribution in [0.5, 0.6) is 5.75 Å². The molecule has 9 heteroatoms. The van der Waals surface area contributed by atoms with Crippen molar-refractivity contribution in [2.75, 3.05) is 29.0 Å². The number of nitrogens with one attached hydrogen (secondary N) is 1. The van der Waals surface area contributed by atoms with E-state index in [1.807, 2.05) is 20.1 Å². The van der Waals surface area contributed by atoms with Gasteiger partial charge in [-0.2, -0.15) is 0 Å². The van der Waals surface area contributed by atoms with Crippen LogP contribution in [0.3, 0.4) is 0 Å². The molecule has 0 unspecified atom stereocenters. The molecule has 0 aromatic heterocycles. The average molecular weight is 505 g/mol. The molecule has 0 spiro atoms. The molecule has 174 valence electrons. The molecule has 0 saturated carbocycles. The van der Waals surface area contributed by atoms with E-state index < -0.39 is 22.5 Å². The Balaban J connectivity index is 2.01. The number of sulfonamides is 1. The fraction of sp³-hybridized carbons (Fsp3) is 0.208. The van der Waals surface area contributed by atoms with Gasteiger partial charge >= 0.3 is 0 Å². The maximum Gasteiger partial charge on any atom is 0.264 e. The van der Waals surface area contributed by atoms with Crippen LogP contribution in [0.25, 0.3) is 0 Å². The van der Waals surface area contributed by atoms with Crippen LogP contribution >= 0.6 is 23.4 Å². The van der Waals surface area contributed by atoms with Crippen molar-refractivity contribution in [1.29, 1.82) is 0 Å². The van der Waals surface area contributed by atoms with Gasteiger partial charge in [-0.15, -0.1) is 11.8 Å². The summed E-state index contributed by atoms with van der Waals surface area (Å²) in [4.78, 5) is 14.0. The summed E-state index contributed by atoms with van der Waals surface area (Å²) in [5, 5.41) is 3.24. The number of para-hydroxylation sites is 2. The molecular weight excluding hydrogens is 480 g/mol. The summed E-state index contributed by atoms with van der Waals surface area (Å²) in [5.74, 6) is -0.132. The third-order valence-electron chi connectivity index (χ3n) is 4.84. The number of ether oxygens (including phenoxy) is 1. The third kappa shape index (κ3) is 6.01. The molecule has 6 nitrogen and oxygen atoms in total. The molecule has 1 N–H and O–H groups in total. The molecule has 0 atom stereocenters. The zero-order chi connectivity index (χ0) is 24.0. The number of hydrogen-bond donors (Lipinski definition) is 1. The second-order valence-electron chi connectivity index (χ2n) is 7.10. The topological polar surface area (TPSA) is 75.7 Å². The first kappa shape index (κ1) is 25.0. The number of carbonyl (C=O) groups is 1. The molecule has 3 aromatic carbocycles. The Kier molecular flexibility index (Phi) is 8.29. The monoisotopic (exact) mass is 504 g/mol. The van der Waals surface area contributed by atoms with Crippen molar-refractivity contribution < 1.29 is 17.9 Å². The van der Waals surface area contributed by atoms with E-state index in [4.69, 9.17) is 16.3 Å². The minimum atomic E-state index is -4.07. The van der Waals surface area contributed by atoms with Gasteiger partial charge in [0.05, 0.1) is 17.2 Å². The van der Waals surface area contributed by atoms with Gasteiger partial charge in [-0.1, -0.05) is 29.8 Å². The molecule has 0 fully saturated rings. The highest BCUT2D eigenvalue weighted by atomic mass is 35.5. The SMILES string of the molecule is CCOc1ccccc1N(CC(=O)Nc1cc(Cl)ccc1C)S(=O)(=O)c1ccc(SC)cc1. The zero-order valence-corrected chi connectivity index (χ0v) is 20.9. The van der Waals surface area contributed by atoms with E-state index in [9.17, 15) is 13.2 Å². The van der Waals surface area contributed by atoms with Gasteiger partial charge in [-0.25, -0.2) is 8.42 Å². The standard InChI is InChI=1S/C24H25ClN2O4S2/c1-4-31-23-8-6-5-7-22(23)27(33(29,30)20-13-11-19(32-3)12-14-20)16-24(28)26-21-15-18(25)10-9-17(21)2/h5-15H,4,16H2,1-3H3,(H,26,28). The lowest BCUT2D eigenvalue weighted by Gasteiger charge is -2.26.